The summed E-state index contributed by atoms with van der Waals surface area (Å²) in [5.74, 6) is 1.31. The molecule has 1 fully saturated rings. The number of nitriles is 1. The van der Waals surface area contributed by atoms with Crippen LogP contribution in [0.25, 0.3) is 0 Å². The first-order valence-electron chi connectivity index (χ1n) is 4.67. The SMILES string of the molecule is CC(C)C1CCCC(Cl)(C#N)C1. The van der Waals surface area contributed by atoms with Gasteiger partial charge in [-0.25, -0.2) is 0 Å². The molecule has 0 saturated heterocycles. The van der Waals surface area contributed by atoms with Crippen LogP contribution in [-0.2, 0) is 0 Å². The lowest BCUT2D eigenvalue weighted by Crippen LogP contribution is -2.30. The van der Waals surface area contributed by atoms with Crippen LogP contribution in [0.3, 0.4) is 0 Å². The number of nitrogens with zero attached hydrogens (tertiary/aromatic N) is 1. The van der Waals surface area contributed by atoms with Crippen LogP contribution in [0, 0.1) is 23.2 Å². The molecule has 0 N–H and O–H groups in total. The Morgan fingerprint density at radius 3 is 2.75 bits per heavy atom. The molecular weight excluding hydrogens is 170 g/mol. The van der Waals surface area contributed by atoms with Crippen molar-refractivity contribution in [1.29, 1.82) is 5.26 Å². The minimum absolute atomic E-state index is 0.548. The first-order chi connectivity index (χ1) is 5.57. The van der Waals surface area contributed by atoms with Crippen molar-refractivity contribution >= 4 is 11.6 Å². The Hall–Kier alpha value is -0.220. The number of alkyl halides is 1. The highest BCUT2D eigenvalue weighted by molar-refractivity contribution is 6.25. The third kappa shape index (κ3) is 2.14. The zero-order valence-corrected chi connectivity index (χ0v) is 8.56. The van der Waals surface area contributed by atoms with Gasteiger partial charge in [0.25, 0.3) is 0 Å². The zero-order chi connectivity index (χ0) is 9.19. The topological polar surface area (TPSA) is 23.8 Å². The van der Waals surface area contributed by atoms with E-state index in [-0.39, 0.29) is 0 Å². The Balaban J connectivity index is 2.58. The second-order valence-electron chi connectivity index (χ2n) is 4.18. The van der Waals surface area contributed by atoms with Crippen LogP contribution in [0.4, 0.5) is 0 Å². The van der Waals surface area contributed by atoms with E-state index in [1.807, 2.05) is 0 Å². The maximum Gasteiger partial charge on any atom is 0.131 e. The van der Waals surface area contributed by atoms with Crippen molar-refractivity contribution in [3.8, 4) is 6.07 Å². The van der Waals surface area contributed by atoms with Gasteiger partial charge in [0.05, 0.1) is 6.07 Å². The van der Waals surface area contributed by atoms with Gasteiger partial charge in [0.15, 0.2) is 0 Å². The molecule has 68 valence electrons. The molecule has 2 unspecified atom stereocenters. The first kappa shape index (κ1) is 9.86. The van der Waals surface area contributed by atoms with Gasteiger partial charge < -0.3 is 0 Å². The molecule has 0 radical (unpaired) electrons. The molecule has 0 aromatic rings. The van der Waals surface area contributed by atoms with E-state index in [4.69, 9.17) is 16.9 Å². The van der Waals surface area contributed by atoms with Crippen molar-refractivity contribution in [3.63, 3.8) is 0 Å². The Labute approximate surface area is 79.7 Å². The van der Waals surface area contributed by atoms with Gasteiger partial charge in [0.1, 0.15) is 4.87 Å². The zero-order valence-electron chi connectivity index (χ0n) is 7.81. The fraction of sp³-hybridized carbons (Fsp3) is 0.900. The normalized spacial score (nSPS) is 36.4. The number of halogens is 1. The predicted molar refractivity (Wildman–Crippen MR) is 51.0 cm³/mol. The average molecular weight is 186 g/mol. The highest BCUT2D eigenvalue weighted by atomic mass is 35.5. The number of rotatable bonds is 1. The summed E-state index contributed by atoms with van der Waals surface area (Å²) in [6, 6.07) is 2.23. The van der Waals surface area contributed by atoms with Crippen molar-refractivity contribution in [2.75, 3.05) is 0 Å². The summed E-state index contributed by atoms with van der Waals surface area (Å²) in [6.45, 7) is 4.43. The third-order valence-electron chi connectivity index (χ3n) is 2.88. The van der Waals surface area contributed by atoms with Gasteiger partial charge in [-0.2, -0.15) is 5.26 Å². The van der Waals surface area contributed by atoms with Crippen molar-refractivity contribution in [2.24, 2.45) is 11.8 Å². The smallest absolute Gasteiger partial charge is 0.131 e. The monoisotopic (exact) mass is 185 g/mol. The molecule has 1 rings (SSSR count). The molecule has 2 heteroatoms. The van der Waals surface area contributed by atoms with Crippen molar-refractivity contribution < 1.29 is 0 Å². The van der Waals surface area contributed by atoms with Crippen LogP contribution in [0.2, 0.25) is 0 Å². The van der Waals surface area contributed by atoms with Crippen LogP contribution >= 0.6 is 11.6 Å². The molecular formula is C10H16ClN. The van der Waals surface area contributed by atoms with Gasteiger partial charge in [0.2, 0.25) is 0 Å². The van der Waals surface area contributed by atoms with E-state index in [0.717, 1.165) is 19.3 Å². The summed E-state index contributed by atoms with van der Waals surface area (Å²) in [5.41, 5.74) is 0. The molecule has 12 heavy (non-hydrogen) atoms. The summed E-state index contributed by atoms with van der Waals surface area (Å²) >= 11 is 6.14. The van der Waals surface area contributed by atoms with Gasteiger partial charge in [-0.05, 0) is 24.7 Å². The summed E-state index contributed by atoms with van der Waals surface area (Å²) in [4.78, 5) is -0.548. The summed E-state index contributed by atoms with van der Waals surface area (Å²) in [6.07, 6.45) is 4.10. The number of hydrogen-bond donors (Lipinski definition) is 0. The van der Waals surface area contributed by atoms with Crippen LogP contribution in [0.1, 0.15) is 39.5 Å². The molecule has 0 aromatic carbocycles. The molecule has 1 aliphatic rings. The van der Waals surface area contributed by atoms with Crippen LogP contribution in [-0.4, -0.2) is 4.87 Å². The minimum atomic E-state index is -0.548. The lowest BCUT2D eigenvalue weighted by atomic mass is 9.76. The van der Waals surface area contributed by atoms with Crippen molar-refractivity contribution in [2.45, 2.75) is 44.4 Å². The van der Waals surface area contributed by atoms with E-state index in [0.29, 0.717) is 11.8 Å². The van der Waals surface area contributed by atoms with Gasteiger partial charge in [0, 0.05) is 0 Å². The Morgan fingerprint density at radius 2 is 2.25 bits per heavy atom. The van der Waals surface area contributed by atoms with Gasteiger partial charge in [-0.3, -0.25) is 0 Å². The van der Waals surface area contributed by atoms with E-state index >= 15 is 0 Å². The Morgan fingerprint density at radius 1 is 1.58 bits per heavy atom. The van der Waals surface area contributed by atoms with Crippen molar-refractivity contribution in [1.82, 2.24) is 0 Å². The second-order valence-corrected chi connectivity index (χ2v) is 4.90. The molecule has 1 nitrogen and oxygen atoms in total. The highest BCUT2D eigenvalue weighted by Crippen LogP contribution is 2.39. The molecule has 0 amide bonds. The maximum absolute atomic E-state index is 8.87. The molecule has 0 heterocycles. The number of hydrogen-bond acceptors (Lipinski definition) is 1. The molecule has 0 spiro atoms. The van der Waals surface area contributed by atoms with E-state index in [1.165, 1.54) is 6.42 Å². The minimum Gasteiger partial charge on any atom is -0.196 e. The maximum atomic E-state index is 8.87. The van der Waals surface area contributed by atoms with Gasteiger partial charge >= 0.3 is 0 Å². The molecule has 0 aliphatic heterocycles. The fourth-order valence-corrected chi connectivity index (χ4v) is 2.27. The third-order valence-corrected chi connectivity index (χ3v) is 3.30. The quantitative estimate of drug-likeness (QED) is 0.575. The lowest BCUT2D eigenvalue weighted by Gasteiger charge is -2.33. The molecule has 1 saturated carbocycles. The van der Waals surface area contributed by atoms with E-state index in [1.54, 1.807) is 0 Å². The summed E-state index contributed by atoms with van der Waals surface area (Å²) in [5, 5.41) is 8.87. The fourth-order valence-electron chi connectivity index (χ4n) is 1.93. The van der Waals surface area contributed by atoms with Crippen LogP contribution in [0.5, 0.6) is 0 Å². The van der Waals surface area contributed by atoms with Crippen molar-refractivity contribution in [3.05, 3.63) is 0 Å². The van der Waals surface area contributed by atoms with E-state index < -0.39 is 4.87 Å². The van der Waals surface area contributed by atoms with Crippen LogP contribution < -0.4 is 0 Å². The molecule has 2 atom stereocenters. The standard InChI is InChI=1S/C10H16ClN/c1-8(2)9-4-3-5-10(11,6-9)7-12/h8-9H,3-6H2,1-2H3. The predicted octanol–water partition coefficient (Wildman–Crippen LogP) is 3.33. The summed E-state index contributed by atoms with van der Waals surface area (Å²) in [7, 11) is 0. The summed E-state index contributed by atoms with van der Waals surface area (Å²) < 4.78 is 0. The Bertz CT molecular complexity index is 195. The second kappa shape index (κ2) is 3.66. The lowest BCUT2D eigenvalue weighted by molar-refractivity contribution is 0.258. The van der Waals surface area contributed by atoms with E-state index in [2.05, 4.69) is 19.9 Å². The Kier molecular flexibility index (Phi) is 3.01. The van der Waals surface area contributed by atoms with Crippen LogP contribution in [0.15, 0.2) is 0 Å². The van der Waals surface area contributed by atoms with Gasteiger partial charge in [-0.15, -0.1) is 11.6 Å². The molecule has 0 bridgehead atoms. The molecule has 0 aromatic heterocycles. The van der Waals surface area contributed by atoms with Gasteiger partial charge in [-0.1, -0.05) is 26.7 Å². The van der Waals surface area contributed by atoms with E-state index in [9.17, 15) is 0 Å². The average Bonchev–Trinajstić information content (AvgIpc) is 2.05. The first-order valence-corrected chi connectivity index (χ1v) is 5.05. The highest BCUT2D eigenvalue weighted by Gasteiger charge is 2.35. The molecule has 1 aliphatic carbocycles. The largest absolute Gasteiger partial charge is 0.196 e.